The SMILES string of the molecule is C=C(NCCC[C@H](NC(=O)C(CCCCCCCCN1C(=O)c2ccccc2C1=O)C1CCCC1)C(=O)N[C@@H](Cc1ccccc1)C(=O)C(N)=O)N(C(=O)OC(C)(C)C)C(=O)OC(C)(C)C. The van der Waals surface area contributed by atoms with Crippen molar-refractivity contribution in [2.24, 2.45) is 17.6 Å². The number of Topliss-reactive ketones (excluding diaryl/α,β-unsaturated/α-hetero) is 1. The van der Waals surface area contributed by atoms with E-state index in [0.29, 0.717) is 41.0 Å². The molecule has 7 amide bonds. The van der Waals surface area contributed by atoms with Gasteiger partial charge in [-0.2, -0.15) is 4.90 Å². The Morgan fingerprint density at radius 1 is 0.712 bits per heavy atom. The fourth-order valence-electron chi connectivity index (χ4n) is 8.30. The van der Waals surface area contributed by atoms with E-state index in [2.05, 4.69) is 22.5 Å². The first-order valence-corrected chi connectivity index (χ1v) is 23.3. The van der Waals surface area contributed by atoms with Gasteiger partial charge in [-0.15, -0.1) is 0 Å². The van der Waals surface area contributed by atoms with Crippen LogP contribution in [0.5, 0.6) is 0 Å². The molecule has 16 heteroatoms. The Kier molecular flexibility index (Phi) is 19.5. The van der Waals surface area contributed by atoms with E-state index in [1.54, 1.807) is 96.1 Å². The number of benzene rings is 2. The molecular weight excluding hydrogens is 845 g/mol. The lowest BCUT2D eigenvalue weighted by Crippen LogP contribution is -2.55. The van der Waals surface area contributed by atoms with Gasteiger partial charge in [0.05, 0.1) is 11.1 Å². The summed E-state index contributed by atoms with van der Waals surface area (Å²) in [7, 11) is 0. The minimum absolute atomic E-state index is 0.00493. The first-order valence-electron chi connectivity index (χ1n) is 23.3. The monoisotopic (exact) mass is 915 g/mol. The molecule has 1 unspecified atom stereocenters. The van der Waals surface area contributed by atoms with Gasteiger partial charge < -0.3 is 31.2 Å². The van der Waals surface area contributed by atoms with E-state index in [4.69, 9.17) is 15.2 Å². The highest BCUT2D eigenvalue weighted by molar-refractivity contribution is 6.38. The zero-order valence-corrected chi connectivity index (χ0v) is 39.6. The number of ketones is 1. The standard InChI is InChI=1S/C50H70N6O10/c1-33(56(47(63)65-49(2,3)4)48(64)66-50(5,6)7)52-30-21-29-39(44(60)54-40(41(57)42(51)58)32-34-22-13-12-14-23-34)53-43(59)36(35-24-16-17-25-35)26-15-10-8-9-11-20-31-55-45(61)37-27-18-19-28-38(37)46(55)62/h12-14,18-19,22-23,27-28,35-36,39-40,52H,1,8-11,15-17,20-21,24-26,29-32H2,2-7H3,(H2,51,58)(H,53,59)(H,54,60)/t36?,39-,40-/m0/s1. The van der Waals surface area contributed by atoms with Gasteiger partial charge >= 0.3 is 12.2 Å². The molecule has 1 saturated carbocycles. The van der Waals surface area contributed by atoms with Gasteiger partial charge in [0.2, 0.25) is 17.6 Å². The number of imide groups is 2. The van der Waals surface area contributed by atoms with E-state index >= 15 is 0 Å². The molecule has 0 radical (unpaired) electrons. The number of primary amides is 1. The van der Waals surface area contributed by atoms with Crippen molar-refractivity contribution in [3.05, 3.63) is 83.7 Å². The summed E-state index contributed by atoms with van der Waals surface area (Å²) in [5.74, 6) is -3.98. The summed E-state index contributed by atoms with van der Waals surface area (Å²) < 4.78 is 10.9. The van der Waals surface area contributed by atoms with Crippen LogP contribution in [0.4, 0.5) is 9.59 Å². The molecule has 1 aliphatic carbocycles. The summed E-state index contributed by atoms with van der Waals surface area (Å²) >= 11 is 0. The van der Waals surface area contributed by atoms with E-state index < -0.39 is 53.1 Å². The van der Waals surface area contributed by atoms with Crippen LogP contribution in [0.25, 0.3) is 0 Å². The Morgan fingerprint density at radius 2 is 1.23 bits per heavy atom. The van der Waals surface area contributed by atoms with E-state index in [0.717, 1.165) is 57.8 Å². The summed E-state index contributed by atoms with van der Waals surface area (Å²) in [5.41, 5.74) is 5.13. The van der Waals surface area contributed by atoms with Crippen LogP contribution in [0.3, 0.4) is 0 Å². The molecule has 360 valence electrons. The maximum absolute atomic E-state index is 14.3. The predicted molar refractivity (Wildman–Crippen MR) is 248 cm³/mol. The van der Waals surface area contributed by atoms with E-state index in [1.165, 1.54) is 4.90 Å². The molecule has 1 aliphatic heterocycles. The van der Waals surface area contributed by atoms with Gasteiger partial charge in [-0.1, -0.05) is 94.0 Å². The molecular formula is C50H70N6O10. The Hall–Kier alpha value is -6.06. The van der Waals surface area contributed by atoms with Crippen molar-refractivity contribution in [2.75, 3.05) is 13.1 Å². The first kappa shape index (κ1) is 52.6. The number of nitrogens with two attached hydrogens (primary N) is 1. The minimum atomic E-state index is -1.29. The summed E-state index contributed by atoms with van der Waals surface area (Å²) in [6, 6.07) is 13.3. The van der Waals surface area contributed by atoms with Crippen LogP contribution in [0.1, 0.15) is 151 Å². The quantitative estimate of drug-likeness (QED) is 0.0472. The van der Waals surface area contributed by atoms with Crippen molar-refractivity contribution in [1.29, 1.82) is 0 Å². The van der Waals surface area contributed by atoms with E-state index in [-0.39, 0.29) is 61.2 Å². The van der Waals surface area contributed by atoms with Gasteiger partial charge in [0.25, 0.3) is 17.7 Å². The summed E-state index contributed by atoms with van der Waals surface area (Å²) in [4.78, 5) is 107. The molecule has 0 spiro atoms. The number of ether oxygens (including phenoxy) is 2. The van der Waals surface area contributed by atoms with Crippen LogP contribution in [-0.4, -0.2) is 93.7 Å². The number of unbranched alkanes of at least 4 members (excludes halogenated alkanes) is 5. The Bertz CT molecular complexity index is 1990. The van der Waals surface area contributed by atoms with Gasteiger partial charge in [0, 0.05) is 25.4 Å². The topological polar surface area (TPSA) is 224 Å². The number of carbonyl (C=O) groups is 8. The summed E-state index contributed by atoms with van der Waals surface area (Å²) in [5, 5.41) is 8.64. The zero-order chi connectivity index (χ0) is 48.6. The third-order valence-corrected chi connectivity index (χ3v) is 11.5. The van der Waals surface area contributed by atoms with Crippen LogP contribution in [-0.2, 0) is 35.1 Å². The van der Waals surface area contributed by atoms with Crippen molar-refractivity contribution in [3.8, 4) is 0 Å². The van der Waals surface area contributed by atoms with Crippen molar-refractivity contribution in [2.45, 2.75) is 155 Å². The third kappa shape index (κ3) is 16.1. The zero-order valence-electron chi connectivity index (χ0n) is 39.6. The first-order chi connectivity index (χ1) is 31.2. The lowest BCUT2D eigenvalue weighted by atomic mass is 9.85. The second-order valence-corrected chi connectivity index (χ2v) is 19.2. The molecule has 1 fully saturated rings. The van der Waals surface area contributed by atoms with Crippen LogP contribution in [0.2, 0.25) is 0 Å². The van der Waals surface area contributed by atoms with Gasteiger partial charge in [-0.3, -0.25) is 33.7 Å². The Morgan fingerprint density at radius 3 is 1.77 bits per heavy atom. The number of rotatable bonds is 24. The molecule has 2 aromatic carbocycles. The maximum atomic E-state index is 14.3. The van der Waals surface area contributed by atoms with Gasteiger partial charge in [-0.05, 0) is 104 Å². The molecule has 16 nitrogen and oxygen atoms in total. The van der Waals surface area contributed by atoms with Crippen LogP contribution >= 0.6 is 0 Å². The third-order valence-electron chi connectivity index (χ3n) is 11.5. The second-order valence-electron chi connectivity index (χ2n) is 19.2. The average molecular weight is 915 g/mol. The lowest BCUT2D eigenvalue weighted by Gasteiger charge is -2.30. The maximum Gasteiger partial charge on any atom is 0.425 e. The molecule has 3 atom stereocenters. The number of carbonyl (C=O) groups excluding carboxylic acids is 8. The molecule has 0 bridgehead atoms. The minimum Gasteiger partial charge on any atom is -0.443 e. The summed E-state index contributed by atoms with van der Waals surface area (Å²) in [6.07, 6.45) is 7.72. The molecule has 4 rings (SSSR count). The molecule has 2 aliphatic rings. The highest BCUT2D eigenvalue weighted by Crippen LogP contribution is 2.35. The number of nitrogens with one attached hydrogen (secondary N) is 3. The van der Waals surface area contributed by atoms with E-state index in [1.807, 2.05) is 0 Å². The number of hydrogen-bond acceptors (Lipinski definition) is 11. The van der Waals surface area contributed by atoms with Crippen molar-refractivity contribution in [3.63, 3.8) is 0 Å². The molecule has 0 saturated heterocycles. The molecule has 0 aromatic heterocycles. The molecule has 66 heavy (non-hydrogen) atoms. The van der Waals surface area contributed by atoms with Crippen molar-refractivity contribution in [1.82, 2.24) is 25.8 Å². The summed E-state index contributed by atoms with van der Waals surface area (Å²) in [6.45, 7) is 14.3. The molecule has 2 aromatic rings. The predicted octanol–water partition coefficient (Wildman–Crippen LogP) is 7.10. The van der Waals surface area contributed by atoms with Crippen LogP contribution in [0.15, 0.2) is 67.0 Å². The van der Waals surface area contributed by atoms with Gasteiger partial charge in [0.15, 0.2) is 0 Å². The highest BCUT2D eigenvalue weighted by Gasteiger charge is 2.37. The van der Waals surface area contributed by atoms with Gasteiger partial charge in [-0.25, -0.2) is 9.59 Å². The second kappa shape index (κ2) is 24.5. The number of nitrogens with zero attached hydrogens (tertiary/aromatic N) is 2. The fourth-order valence-corrected chi connectivity index (χ4v) is 8.30. The molecule has 1 heterocycles. The van der Waals surface area contributed by atoms with Crippen molar-refractivity contribution >= 4 is 47.5 Å². The lowest BCUT2D eigenvalue weighted by molar-refractivity contribution is -0.139. The highest BCUT2D eigenvalue weighted by atomic mass is 16.6. The molecule has 5 N–H and O–H groups in total. The average Bonchev–Trinajstić information content (AvgIpc) is 3.86. The fraction of sp³-hybridized carbons (Fsp3) is 0.560. The van der Waals surface area contributed by atoms with E-state index in [9.17, 15) is 38.4 Å². The van der Waals surface area contributed by atoms with Gasteiger partial charge in [0.1, 0.15) is 29.1 Å². The van der Waals surface area contributed by atoms with Crippen LogP contribution < -0.4 is 21.7 Å². The normalized spacial score (nSPS) is 15.3. The van der Waals surface area contributed by atoms with Crippen molar-refractivity contribution < 1.29 is 47.8 Å². The number of fused-ring (bicyclic) bond motifs is 1. The smallest absolute Gasteiger partial charge is 0.425 e. The Labute approximate surface area is 389 Å². The Balaban J connectivity index is 1.41. The number of hydrogen-bond donors (Lipinski definition) is 4. The van der Waals surface area contributed by atoms with Crippen LogP contribution in [0, 0.1) is 11.8 Å². The largest absolute Gasteiger partial charge is 0.443 e. The number of amides is 7.